The summed E-state index contributed by atoms with van der Waals surface area (Å²) in [5, 5.41) is 0.933. The molecule has 0 bridgehead atoms. The van der Waals surface area contributed by atoms with E-state index >= 15 is 0 Å². The van der Waals surface area contributed by atoms with Gasteiger partial charge in [0.05, 0.1) is 45.1 Å². The minimum absolute atomic E-state index is 0.0246. The lowest BCUT2D eigenvalue weighted by Gasteiger charge is -2.18. The molecule has 0 aliphatic carbocycles. The highest BCUT2D eigenvalue weighted by molar-refractivity contribution is 7.95. The van der Waals surface area contributed by atoms with Gasteiger partial charge in [-0.05, 0) is 18.2 Å². The standard InChI is InChI=1S/C20H26NO10PS/c1-25-14-12-18(26-2)15(19(13-14)27-3)10-11-33(23,24)21-16-8-7-9-17(20(16)28-4)31-32(22,29-5)30-6/h7-13,21H,1-6H3. The van der Waals surface area contributed by atoms with E-state index in [4.69, 9.17) is 32.5 Å². The maximum absolute atomic E-state index is 12.8. The Morgan fingerprint density at radius 2 is 1.45 bits per heavy atom. The molecule has 182 valence electrons. The topological polar surface area (TPSA) is 128 Å². The lowest BCUT2D eigenvalue weighted by Crippen LogP contribution is -2.10. The number of para-hydroxylation sites is 1. The van der Waals surface area contributed by atoms with Crippen molar-refractivity contribution >= 4 is 29.6 Å². The monoisotopic (exact) mass is 503 g/mol. The maximum Gasteiger partial charge on any atom is 0.529 e. The number of hydrogen-bond acceptors (Lipinski definition) is 10. The lowest BCUT2D eigenvalue weighted by molar-refractivity contribution is 0.208. The van der Waals surface area contributed by atoms with Crippen molar-refractivity contribution in [3.05, 3.63) is 41.3 Å². The Bertz CT molecular complexity index is 1120. The van der Waals surface area contributed by atoms with Gasteiger partial charge in [0.1, 0.15) is 17.2 Å². The van der Waals surface area contributed by atoms with Crippen molar-refractivity contribution in [2.24, 2.45) is 0 Å². The molecule has 0 saturated carbocycles. The zero-order valence-corrected chi connectivity index (χ0v) is 20.7. The zero-order chi connectivity index (χ0) is 24.6. The van der Waals surface area contributed by atoms with E-state index in [0.29, 0.717) is 22.8 Å². The van der Waals surface area contributed by atoms with Crippen LogP contribution in [-0.4, -0.2) is 51.1 Å². The van der Waals surface area contributed by atoms with E-state index in [1.807, 2.05) is 0 Å². The zero-order valence-electron chi connectivity index (χ0n) is 19.0. The number of anilines is 1. The summed E-state index contributed by atoms with van der Waals surface area (Å²) < 4.78 is 76.1. The Morgan fingerprint density at radius 1 is 0.848 bits per heavy atom. The van der Waals surface area contributed by atoms with Crippen molar-refractivity contribution in [3.63, 3.8) is 0 Å². The molecule has 0 saturated heterocycles. The molecule has 0 fully saturated rings. The van der Waals surface area contributed by atoms with Gasteiger partial charge in [-0.2, -0.15) is 0 Å². The van der Waals surface area contributed by atoms with Gasteiger partial charge >= 0.3 is 7.82 Å². The summed E-state index contributed by atoms with van der Waals surface area (Å²) in [6.07, 6.45) is 1.32. The van der Waals surface area contributed by atoms with Crippen LogP contribution in [0.25, 0.3) is 6.08 Å². The normalized spacial score (nSPS) is 11.8. The first kappa shape index (κ1) is 26.3. The molecule has 0 aliphatic heterocycles. The summed E-state index contributed by atoms with van der Waals surface area (Å²) in [7, 11) is 0.0157. The van der Waals surface area contributed by atoms with Crippen molar-refractivity contribution < 1.29 is 45.5 Å². The Morgan fingerprint density at radius 3 is 1.94 bits per heavy atom. The van der Waals surface area contributed by atoms with Gasteiger partial charge in [0.25, 0.3) is 10.0 Å². The van der Waals surface area contributed by atoms with Gasteiger partial charge in [0.2, 0.25) is 0 Å². The number of ether oxygens (including phenoxy) is 4. The molecule has 0 amide bonds. The Hall–Kier alpha value is -2.92. The van der Waals surface area contributed by atoms with Gasteiger partial charge in [-0.3, -0.25) is 13.8 Å². The Balaban J connectivity index is 2.40. The summed E-state index contributed by atoms with van der Waals surface area (Å²) in [6.45, 7) is 0. The van der Waals surface area contributed by atoms with Crippen LogP contribution in [0.4, 0.5) is 5.69 Å². The first-order chi connectivity index (χ1) is 15.7. The number of nitrogens with one attached hydrogen (secondary N) is 1. The summed E-state index contributed by atoms with van der Waals surface area (Å²) in [6, 6.07) is 7.52. The van der Waals surface area contributed by atoms with Gasteiger partial charge in [0, 0.05) is 26.4 Å². The van der Waals surface area contributed by atoms with Crippen molar-refractivity contribution in [3.8, 4) is 28.7 Å². The third kappa shape index (κ3) is 6.55. The average molecular weight is 503 g/mol. The largest absolute Gasteiger partial charge is 0.529 e. The Labute approximate surface area is 192 Å². The summed E-state index contributed by atoms with van der Waals surface area (Å²) in [4.78, 5) is 0. The molecule has 2 aromatic rings. The molecule has 1 N–H and O–H groups in total. The molecule has 0 atom stereocenters. The fourth-order valence-corrected chi connectivity index (χ4v) is 4.22. The number of sulfonamides is 1. The van der Waals surface area contributed by atoms with Crippen LogP contribution in [0.15, 0.2) is 35.7 Å². The average Bonchev–Trinajstić information content (AvgIpc) is 2.81. The Kier molecular flexibility index (Phi) is 9.00. The van der Waals surface area contributed by atoms with E-state index in [-0.39, 0.29) is 17.2 Å². The van der Waals surface area contributed by atoms with Crippen LogP contribution in [0.2, 0.25) is 0 Å². The first-order valence-electron chi connectivity index (χ1n) is 9.24. The molecule has 2 aromatic carbocycles. The molecule has 13 heteroatoms. The SMILES string of the molecule is COc1cc(OC)c(C=CS(=O)(=O)Nc2cccc(OP(=O)(OC)OC)c2OC)c(OC)c1. The minimum atomic E-state index is -4.04. The van der Waals surface area contributed by atoms with Crippen LogP contribution in [0.1, 0.15) is 5.56 Å². The number of phosphoric acid groups is 1. The van der Waals surface area contributed by atoms with Gasteiger partial charge in [-0.25, -0.2) is 13.0 Å². The minimum Gasteiger partial charge on any atom is -0.496 e. The van der Waals surface area contributed by atoms with Crippen molar-refractivity contribution in [2.45, 2.75) is 0 Å². The molecule has 0 radical (unpaired) electrons. The van der Waals surface area contributed by atoms with E-state index in [0.717, 1.165) is 19.6 Å². The van der Waals surface area contributed by atoms with Gasteiger partial charge in [-0.15, -0.1) is 0 Å². The van der Waals surface area contributed by atoms with Crippen LogP contribution >= 0.6 is 7.82 Å². The second kappa shape index (κ2) is 11.3. The molecule has 0 aliphatic rings. The van der Waals surface area contributed by atoms with Gasteiger partial charge in [0.15, 0.2) is 11.5 Å². The summed E-state index contributed by atoms with van der Waals surface area (Å²) >= 11 is 0. The third-order valence-electron chi connectivity index (χ3n) is 4.26. The molecule has 33 heavy (non-hydrogen) atoms. The third-order valence-corrected chi connectivity index (χ3v) is 6.57. The summed E-state index contributed by atoms with van der Waals surface area (Å²) in [5.41, 5.74) is 0.420. The number of methoxy groups -OCH3 is 4. The molecular weight excluding hydrogens is 477 g/mol. The number of benzene rings is 2. The van der Waals surface area contributed by atoms with Crippen LogP contribution in [0.5, 0.6) is 28.7 Å². The van der Waals surface area contributed by atoms with E-state index in [2.05, 4.69) is 4.72 Å². The van der Waals surface area contributed by atoms with E-state index in [1.165, 1.54) is 52.7 Å². The smallest absolute Gasteiger partial charge is 0.496 e. The molecule has 0 heterocycles. The van der Waals surface area contributed by atoms with Crippen molar-refractivity contribution in [2.75, 3.05) is 47.4 Å². The number of rotatable bonds is 12. The van der Waals surface area contributed by atoms with Crippen LogP contribution < -0.4 is 28.2 Å². The van der Waals surface area contributed by atoms with Gasteiger partial charge in [-0.1, -0.05) is 6.07 Å². The van der Waals surface area contributed by atoms with Crippen molar-refractivity contribution in [1.29, 1.82) is 0 Å². The van der Waals surface area contributed by atoms with Crippen LogP contribution in [-0.2, 0) is 23.6 Å². The van der Waals surface area contributed by atoms with Gasteiger partial charge < -0.3 is 23.5 Å². The van der Waals surface area contributed by atoms with Crippen LogP contribution in [0.3, 0.4) is 0 Å². The molecule has 2 rings (SSSR count). The molecule has 0 aromatic heterocycles. The van der Waals surface area contributed by atoms with Crippen LogP contribution in [0, 0.1) is 0 Å². The predicted molar refractivity (Wildman–Crippen MR) is 123 cm³/mol. The molecular formula is C20H26NO10PS. The molecule has 0 unspecified atom stereocenters. The molecule has 0 spiro atoms. The lowest BCUT2D eigenvalue weighted by atomic mass is 10.1. The number of hydrogen-bond donors (Lipinski definition) is 1. The highest BCUT2D eigenvalue weighted by atomic mass is 32.2. The van der Waals surface area contributed by atoms with E-state index in [1.54, 1.807) is 12.1 Å². The molecule has 11 nitrogen and oxygen atoms in total. The second-order valence-electron chi connectivity index (χ2n) is 6.14. The fraction of sp³-hybridized carbons (Fsp3) is 0.300. The number of phosphoric ester groups is 1. The van der Waals surface area contributed by atoms with E-state index < -0.39 is 17.8 Å². The predicted octanol–water partition coefficient (Wildman–Crippen LogP) is 3.91. The van der Waals surface area contributed by atoms with E-state index in [9.17, 15) is 13.0 Å². The second-order valence-corrected chi connectivity index (χ2v) is 9.51. The highest BCUT2D eigenvalue weighted by Crippen LogP contribution is 2.51. The quantitative estimate of drug-likeness (QED) is 0.426. The highest BCUT2D eigenvalue weighted by Gasteiger charge is 2.27. The maximum atomic E-state index is 12.8. The summed E-state index contributed by atoms with van der Waals surface area (Å²) in [5.74, 6) is 1.10. The fourth-order valence-electron chi connectivity index (χ4n) is 2.69. The van der Waals surface area contributed by atoms with Crippen molar-refractivity contribution in [1.82, 2.24) is 0 Å². The first-order valence-corrected chi connectivity index (χ1v) is 12.3.